The van der Waals surface area contributed by atoms with E-state index >= 15 is 0 Å². The van der Waals surface area contributed by atoms with Crippen LogP contribution in [0.4, 0.5) is 11.4 Å². The molecule has 0 spiro atoms. The quantitative estimate of drug-likeness (QED) is 0.680. The molecular weight excluding hydrogens is 360 g/mol. The highest BCUT2D eigenvalue weighted by Crippen LogP contribution is 2.21. The van der Waals surface area contributed by atoms with Crippen molar-refractivity contribution in [3.63, 3.8) is 0 Å². The van der Waals surface area contributed by atoms with E-state index in [2.05, 4.69) is 5.32 Å². The minimum atomic E-state index is -0.259. The second kappa shape index (κ2) is 8.06. The molecule has 0 fully saturated rings. The number of hydrogen-bond donors (Lipinski definition) is 1. The Morgan fingerprint density at radius 3 is 2.15 bits per heavy atom. The molecule has 0 radical (unpaired) electrons. The average molecular weight is 379 g/mol. The molecule has 1 N–H and O–H groups in total. The zero-order valence-electron chi connectivity index (χ0n) is 15.1. The maximum Gasteiger partial charge on any atom is 0.258 e. The molecule has 0 saturated carbocycles. The number of benzene rings is 3. The van der Waals surface area contributed by atoms with E-state index in [1.807, 2.05) is 43.3 Å². The summed E-state index contributed by atoms with van der Waals surface area (Å²) in [7, 11) is 1.72. The zero-order chi connectivity index (χ0) is 19.4. The third-order valence-corrected chi connectivity index (χ3v) is 4.68. The molecule has 0 unspecified atom stereocenters. The van der Waals surface area contributed by atoms with Gasteiger partial charge in [0, 0.05) is 34.6 Å². The SMILES string of the molecule is Cc1ccc(NC(=O)c2ccc(C(=O)N(C)c3ccccc3)cc2)cc1Cl. The Hall–Kier alpha value is -3.11. The van der Waals surface area contributed by atoms with Crippen LogP contribution in [0.1, 0.15) is 26.3 Å². The summed E-state index contributed by atoms with van der Waals surface area (Å²) in [6.07, 6.45) is 0. The molecular formula is C22H19ClN2O2. The second-order valence-electron chi connectivity index (χ2n) is 6.20. The molecule has 0 aliphatic carbocycles. The van der Waals surface area contributed by atoms with Crippen molar-refractivity contribution in [3.8, 4) is 0 Å². The Labute approximate surface area is 163 Å². The number of aryl methyl sites for hydroxylation is 1. The molecule has 0 heterocycles. The molecule has 5 heteroatoms. The van der Waals surface area contributed by atoms with Gasteiger partial charge >= 0.3 is 0 Å². The van der Waals surface area contributed by atoms with Crippen LogP contribution in [0.2, 0.25) is 5.02 Å². The first kappa shape index (κ1) is 18.7. The topological polar surface area (TPSA) is 49.4 Å². The molecule has 0 aliphatic rings. The predicted octanol–water partition coefficient (Wildman–Crippen LogP) is 5.18. The van der Waals surface area contributed by atoms with E-state index in [-0.39, 0.29) is 11.8 Å². The van der Waals surface area contributed by atoms with Gasteiger partial charge in [-0.15, -0.1) is 0 Å². The fourth-order valence-corrected chi connectivity index (χ4v) is 2.78. The van der Waals surface area contributed by atoms with Crippen LogP contribution in [0, 0.1) is 6.92 Å². The lowest BCUT2D eigenvalue weighted by atomic mass is 10.1. The number of nitrogens with one attached hydrogen (secondary N) is 1. The first-order chi connectivity index (χ1) is 13.0. The summed E-state index contributed by atoms with van der Waals surface area (Å²) in [5.74, 6) is -0.399. The Morgan fingerprint density at radius 2 is 1.52 bits per heavy atom. The summed E-state index contributed by atoms with van der Waals surface area (Å²) in [5.41, 5.74) is 3.35. The maximum absolute atomic E-state index is 12.6. The van der Waals surface area contributed by atoms with Crippen LogP contribution in [0.15, 0.2) is 72.8 Å². The Balaban J connectivity index is 1.71. The number of rotatable bonds is 4. The van der Waals surface area contributed by atoms with Gasteiger partial charge in [0.1, 0.15) is 0 Å². The fourth-order valence-electron chi connectivity index (χ4n) is 2.60. The predicted molar refractivity (Wildman–Crippen MR) is 110 cm³/mol. The molecule has 27 heavy (non-hydrogen) atoms. The van der Waals surface area contributed by atoms with Gasteiger partial charge in [0.2, 0.25) is 0 Å². The van der Waals surface area contributed by atoms with Crippen molar-refractivity contribution < 1.29 is 9.59 Å². The van der Waals surface area contributed by atoms with Crippen LogP contribution >= 0.6 is 11.6 Å². The Bertz CT molecular complexity index is 969. The fraction of sp³-hybridized carbons (Fsp3) is 0.0909. The molecule has 0 saturated heterocycles. The minimum Gasteiger partial charge on any atom is -0.322 e. The maximum atomic E-state index is 12.6. The van der Waals surface area contributed by atoms with E-state index < -0.39 is 0 Å². The van der Waals surface area contributed by atoms with Gasteiger partial charge in [-0.25, -0.2) is 0 Å². The van der Waals surface area contributed by atoms with Gasteiger partial charge in [0.25, 0.3) is 11.8 Å². The highest BCUT2D eigenvalue weighted by Gasteiger charge is 2.14. The standard InChI is InChI=1S/C22H19ClN2O2/c1-15-8-13-18(14-20(15)23)24-21(26)16-9-11-17(12-10-16)22(27)25(2)19-6-4-3-5-7-19/h3-14H,1-2H3,(H,24,26). The first-order valence-electron chi connectivity index (χ1n) is 8.46. The van der Waals surface area contributed by atoms with E-state index in [4.69, 9.17) is 11.6 Å². The summed E-state index contributed by atoms with van der Waals surface area (Å²) >= 11 is 6.09. The van der Waals surface area contributed by atoms with Gasteiger partial charge in [-0.2, -0.15) is 0 Å². The van der Waals surface area contributed by atoms with Gasteiger partial charge in [-0.3, -0.25) is 9.59 Å². The second-order valence-corrected chi connectivity index (χ2v) is 6.60. The van der Waals surface area contributed by atoms with Crippen LogP contribution in [0.5, 0.6) is 0 Å². The third-order valence-electron chi connectivity index (χ3n) is 4.27. The average Bonchev–Trinajstić information content (AvgIpc) is 2.70. The number of carbonyl (C=O) groups excluding carboxylic acids is 2. The van der Waals surface area contributed by atoms with Crippen molar-refractivity contribution in [1.29, 1.82) is 0 Å². The molecule has 2 amide bonds. The smallest absolute Gasteiger partial charge is 0.258 e. The van der Waals surface area contributed by atoms with Crippen LogP contribution in [-0.2, 0) is 0 Å². The number of amides is 2. The summed E-state index contributed by atoms with van der Waals surface area (Å²) in [4.78, 5) is 26.6. The number of halogens is 1. The molecule has 0 bridgehead atoms. The number of para-hydroxylation sites is 1. The highest BCUT2D eigenvalue weighted by atomic mass is 35.5. The van der Waals surface area contributed by atoms with E-state index in [1.54, 1.807) is 48.3 Å². The van der Waals surface area contributed by atoms with Gasteiger partial charge in [0.05, 0.1) is 0 Å². The van der Waals surface area contributed by atoms with Gasteiger partial charge in [0.15, 0.2) is 0 Å². The van der Waals surface area contributed by atoms with Gasteiger partial charge in [-0.05, 0) is 61.0 Å². The molecule has 3 aromatic rings. The molecule has 3 rings (SSSR count). The van der Waals surface area contributed by atoms with E-state index in [0.29, 0.717) is 21.8 Å². The van der Waals surface area contributed by atoms with Crippen molar-refractivity contribution in [2.45, 2.75) is 6.92 Å². The Kier molecular flexibility index (Phi) is 5.57. The van der Waals surface area contributed by atoms with Crippen molar-refractivity contribution >= 4 is 34.8 Å². The summed E-state index contributed by atoms with van der Waals surface area (Å²) in [6, 6.07) is 21.3. The van der Waals surface area contributed by atoms with E-state index in [0.717, 1.165) is 11.3 Å². The van der Waals surface area contributed by atoms with Gasteiger partial charge < -0.3 is 10.2 Å². The lowest BCUT2D eigenvalue weighted by Gasteiger charge is -2.17. The van der Waals surface area contributed by atoms with Crippen LogP contribution in [0.25, 0.3) is 0 Å². The number of anilines is 2. The largest absolute Gasteiger partial charge is 0.322 e. The normalized spacial score (nSPS) is 10.3. The number of nitrogens with zero attached hydrogens (tertiary/aromatic N) is 1. The summed E-state index contributed by atoms with van der Waals surface area (Å²) in [6.45, 7) is 1.90. The van der Waals surface area contributed by atoms with Crippen molar-refractivity contribution in [3.05, 3.63) is 94.5 Å². The minimum absolute atomic E-state index is 0.140. The molecule has 4 nitrogen and oxygen atoms in total. The number of hydrogen-bond acceptors (Lipinski definition) is 2. The van der Waals surface area contributed by atoms with Crippen LogP contribution in [0.3, 0.4) is 0 Å². The first-order valence-corrected chi connectivity index (χ1v) is 8.84. The molecule has 0 aromatic heterocycles. The lowest BCUT2D eigenvalue weighted by Crippen LogP contribution is -2.26. The number of carbonyl (C=O) groups is 2. The van der Waals surface area contributed by atoms with Crippen LogP contribution in [-0.4, -0.2) is 18.9 Å². The van der Waals surface area contributed by atoms with Crippen LogP contribution < -0.4 is 10.2 Å². The lowest BCUT2D eigenvalue weighted by molar-refractivity contribution is 0.0989. The van der Waals surface area contributed by atoms with Crippen molar-refractivity contribution in [2.75, 3.05) is 17.3 Å². The summed E-state index contributed by atoms with van der Waals surface area (Å²) in [5, 5.41) is 3.40. The highest BCUT2D eigenvalue weighted by molar-refractivity contribution is 6.31. The zero-order valence-corrected chi connectivity index (χ0v) is 15.8. The molecule has 0 atom stereocenters. The monoisotopic (exact) mass is 378 g/mol. The van der Waals surface area contributed by atoms with E-state index in [9.17, 15) is 9.59 Å². The third kappa shape index (κ3) is 4.36. The Morgan fingerprint density at radius 1 is 0.889 bits per heavy atom. The van der Waals surface area contributed by atoms with Crippen molar-refractivity contribution in [2.24, 2.45) is 0 Å². The van der Waals surface area contributed by atoms with Gasteiger partial charge in [-0.1, -0.05) is 35.9 Å². The molecule has 136 valence electrons. The van der Waals surface area contributed by atoms with E-state index in [1.165, 1.54) is 0 Å². The molecule has 3 aromatic carbocycles. The summed E-state index contributed by atoms with van der Waals surface area (Å²) < 4.78 is 0. The molecule has 0 aliphatic heterocycles. The van der Waals surface area contributed by atoms with Crippen molar-refractivity contribution in [1.82, 2.24) is 0 Å².